The van der Waals surface area contributed by atoms with E-state index in [1.807, 2.05) is 42.5 Å². The molecule has 5 nitrogen and oxygen atoms in total. The SMILES string of the molecule is Cl.Cl.O=C(CC1CC2CCC(C1)N2)Nc1ccc(Nc2ccccc2)nc1. The van der Waals surface area contributed by atoms with Gasteiger partial charge in [-0.1, -0.05) is 18.2 Å². The van der Waals surface area contributed by atoms with Crippen molar-refractivity contribution in [2.24, 2.45) is 5.92 Å². The Morgan fingerprint density at radius 1 is 1.00 bits per heavy atom. The number of halogens is 2. The zero-order valence-electron chi connectivity index (χ0n) is 15.1. The van der Waals surface area contributed by atoms with Crippen molar-refractivity contribution in [3.63, 3.8) is 0 Å². The van der Waals surface area contributed by atoms with Crippen LogP contribution in [0.4, 0.5) is 17.2 Å². The van der Waals surface area contributed by atoms with Gasteiger partial charge in [0.1, 0.15) is 5.82 Å². The van der Waals surface area contributed by atoms with Gasteiger partial charge in [-0.15, -0.1) is 24.8 Å². The van der Waals surface area contributed by atoms with E-state index in [0.29, 0.717) is 24.4 Å². The Balaban J connectivity index is 0.00000131. The Morgan fingerprint density at radius 3 is 2.33 bits per heavy atom. The first-order valence-electron chi connectivity index (χ1n) is 9.08. The van der Waals surface area contributed by atoms with E-state index in [9.17, 15) is 4.79 Å². The highest BCUT2D eigenvalue weighted by atomic mass is 35.5. The molecule has 2 bridgehead atoms. The summed E-state index contributed by atoms with van der Waals surface area (Å²) < 4.78 is 0. The molecular formula is C20H26Cl2N4O. The fraction of sp³-hybridized carbons (Fsp3) is 0.400. The first kappa shape index (κ1) is 21.5. The van der Waals surface area contributed by atoms with Crippen molar-refractivity contribution >= 4 is 47.9 Å². The van der Waals surface area contributed by atoms with Crippen LogP contribution < -0.4 is 16.0 Å². The van der Waals surface area contributed by atoms with E-state index >= 15 is 0 Å². The first-order valence-corrected chi connectivity index (χ1v) is 9.08. The monoisotopic (exact) mass is 408 g/mol. The lowest BCUT2D eigenvalue weighted by molar-refractivity contribution is -0.117. The molecule has 0 spiro atoms. The van der Waals surface area contributed by atoms with Gasteiger partial charge in [-0.3, -0.25) is 4.79 Å². The van der Waals surface area contributed by atoms with Gasteiger partial charge in [0.25, 0.3) is 0 Å². The Labute approximate surface area is 172 Å². The van der Waals surface area contributed by atoms with Gasteiger partial charge in [-0.2, -0.15) is 0 Å². The summed E-state index contributed by atoms with van der Waals surface area (Å²) in [7, 11) is 0. The van der Waals surface area contributed by atoms with Crippen molar-refractivity contribution in [2.75, 3.05) is 10.6 Å². The highest BCUT2D eigenvalue weighted by molar-refractivity contribution is 5.90. The van der Waals surface area contributed by atoms with E-state index in [-0.39, 0.29) is 30.7 Å². The molecule has 146 valence electrons. The molecular weight excluding hydrogens is 383 g/mol. The van der Waals surface area contributed by atoms with Gasteiger partial charge in [0, 0.05) is 24.2 Å². The summed E-state index contributed by atoms with van der Waals surface area (Å²) in [5, 5.41) is 9.84. The number of nitrogens with zero attached hydrogens (tertiary/aromatic N) is 1. The zero-order valence-corrected chi connectivity index (χ0v) is 16.7. The Hall–Kier alpha value is -1.82. The molecule has 0 aliphatic carbocycles. The van der Waals surface area contributed by atoms with E-state index < -0.39 is 0 Å². The fourth-order valence-corrected chi connectivity index (χ4v) is 4.03. The minimum atomic E-state index is 0. The van der Waals surface area contributed by atoms with Gasteiger partial charge < -0.3 is 16.0 Å². The van der Waals surface area contributed by atoms with Crippen molar-refractivity contribution in [3.8, 4) is 0 Å². The molecule has 4 rings (SSSR count). The van der Waals surface area contributed by atoms with Crippen molar-refractivity contribution in [1.29, 1.82) is 0 Å². The molecule has 2 unspecified atom stereocenters. The summed E-state index contributed by atoms with van der Waals surface area (Å²) in [6.07, 6.45) is 7.10. The maximum atomic E-state index is 12.3. The number of aromatic nitrogens is 1. The number of anilines is 3. The van der Waals surface area contributed by atoms with Crippen molar-refractivity contribution in [2.45, 2.75) is 44.2 Å². The second-order valence-corrected chi connectivity index (χ2v) is 7.15. The standard InChI is InChI=1S/C20H24N4O.2ClH/c25-20(12-14-10-16-6-7-17(11-14)22-16)24-18-8-9-19(21-13-18)23-15-4-2-1-3-5-15;;/h1-5,8-9,13-14,16-17,22H,6-7,10-12H2,(H,21,23)(H,24,25);2*1H. The average Bonchev–Trinajstić information content (AvgIpc) is 2.96. The fourth-order valence-electron chi connectivity index (χ4n) is 4.03. The molecule has 3 heterocycles. The Morgan fingerprint density at radius 2 is 1.70 bits per heavy atom. The van der Waals surface area contributed by atoms with Crippen LogP contribution in [0.3, 0.4) is 0 Å². The van der Waals surface area contributed by atoms with Crippen LogP contribution >= 0.6 is 24.8 Å². The molecule has 0 radical (unpaired) electrons. The van der Waals surface area contributed by atoms with E-state index in [1.54, 1.807) is 6.20 Å². The number of para-hydroxylation sites is 1. The number of carbonyl (C=O) groups excluding carboxylic acids is 1. The lowest BCUT2D eigenvalue weighted by atomic mass is 9.89. The number of hydrogen-bond acceptors (Lipinski definition) is 4. The average molecular weight is 409 g/mol. The predicted octanol–water partition coefficient (Wildman–Crippen LogP) is 4.53. The highest BCUT2D eigenvalue weighted by Gasteiger charge is 2.34. The van der Waals surface area contributed by atoms with Crippen molar-refractivity contribution < 1.29 is 4.79 Å². The van der Waals surface area contributed by atoms with E-state index in [2.05, 4.69) is 20.9 Å². The maximum Gasteiger partial charge on any atom is 0.224 e. The maximum absolute atomic E-state index is 12.3. The normalized spacial score (nSPS) is 22.9. The molecule has 2 aliphatic heterocycles. The van der Waals surface area contributed by atoms with Crippen LogP contribution in [-0.2, 0) is 4.79 Å². The molecule has 1 aromatic carbocycles. The molecule has 0 saturated carbocycles. The summed E-state index contributed by atoms with van der Waals surface area (Å²) in [6, 6.07) is 14.9. The van der Waals surface area contributed by atoms with Gasteiger partial charge in [-0.05, 0) is 55.9 Å². The van der Waals surface area contributed by atoms with E-state index in [0.717, 1.165) is 30.0 Å². The van der Waals surface area contributed by atoms with Crippen molar-refractivity contribution in [1.82, 2.24) is 10.3 Å². The van der Waals surface area contributed by atoms with Gasteiger partial charge >= 0.3 is 0 Å². The van der Waals surface area contributed by atoms with Crippen LogP contribution in [0.5, 0.6) is 0 Å². The number of fused-ring (bicyclic) bond motifs is 2. The largest absolute Gasteiger partial charge is 0.340 e. The molecule has 2 saturated heterocycles. The highest BCUT2D eigenvalue weighted by Crippen LogP contribution is 2.32. The smallest absolute Gasteiger partial charge is 0.224 e. The summed E-state index contributed by atoms with van der Waals surface area (Å²) in [5.41, 5.74) is 1.74. The third kappa shape index (κ3) is 5.83. The number of nitrogens with one attached hydrogen (secondary N) is 3. The minimum absolute atomic E-state index is 0. The second kappa shape index (κ2) is 9.93. The number of hydrogen-bond donors (Lipinski definition) is 3. The quantitative estimate of drug-likeness (QED) is 0.679. The van der Waals surface area contributed by atoms with Gasteiger partial charge in [0.2, 0.25) is 5.91 Å². The van der Waals surface area contributed by atoms with Gasteiger partial charge in [-0.25, -0.2) is 4.98 Å². The minimum Gasteiger partial charge on any atom is -0.340 e. The zero-order chi connectivity index (χ0) is 17.1. The molecule has 1 aromatic heterocycles. The summed E-state index contributed by atoms with van der Waals surface area (Å²) in [6.45, 7) is 0. The Bertz CT molecular complexity index is 715. The van der Waals surface area contributed by atoms with Crippen LogP contribution in [0.15, 0.2) is 48.7 Å². The topological polar surface area (TPSA) is 66.1 Å². The molecule has 7 heteroatoms. The lowest BCUT2D eigenvalue weighted by Crippen LogP contribution is -2.39. The van der Waals surface area contributed by atoms with E-state index in [4.69, 9.17) is 0 Å². The number of carbonyl (C=O) groups is 1. The van der Waals surface area contributed by atoms with Crippen LogP contribution in [0.1, 0.15) is 32.1 Å². The molecule has 2 aliphatic rings. The molecule has 3 N–H and O–H groups in total. The number of rotatable bonds is 5. The van der Waals surface area contributed by atoms with Gasteiger partial charge in [0.15, 0.2) is 0 Å². The third-order valence-corrected chi connectivity index (χ3v) is 5.14. The molecule has 27 heavy (non-hydrogen) atoms. The second-order valence-electron chi connectivity index (χ2n) is 7.15. The Kier molecular flexibility index (Phi) is 7.90. The third-order valence-electron chi connectivity index (χ3n) is 5.14. The van der Waals surface area contributed by atoms with Crippen LogP contribution in [-0.4, -0.2) is 23.0 Å². The van der Waals surface area contributed by atoms with Crippen LogP contribution in [0.2, 0.25) is 0 Å². The molecule has 2 aromatic rings. The molecule has 1 amide bonds. The first-order chi connectivity index (χ1) is 12.2. The number of pyridine rings is 1. The summed E-state index contributed by atoms with van der Waals surface area (Å²) in [4.78, 5) is 16.7. The predicted molar refractivity (Wildman–Crippen MR) is 114 cm³/mol. The van der Waals surface area contributed by atoms with E-state index in [1.165, 1.54) is 12.8 Å². The summed E-state index contributed by atoms with van der Waals surface area (Å²) in [5.74, 6) is 1.36. The van der Waals surface area contributed by atoms with Crippen molar-refractivity contribution in [3.05, 3.63) is 48.7 Å². The summed E-state index contributed by atoms with van der Waals surface area (Å²) >= 11 is 0. The van der Waals surface area contributed by atoms with Gasteiger partial charge in [0.05, 0.1) is 11.9 Å². The number of benzene rings is 1. The number of amides is 1. The molecule has 2 atom stereocenters. The lowest BCUT2D eigenvalue weighted by Gasteiger charge is -2.28. The molecule has 2 fully saturated rings. The van der Waals surface area contributed by atoms with Crippen LogP contribution in [0.25, 0.3) is 0 Å². The number of piperidine rings is 1. The van der Waals surface area contributed by atoms with Crippen LogP contribution in [0, 0.1) is 5.92 Å².